The van der Waals surface area contributed by atoms with E-state index >= 15 is 0 Å². The number of amides is 1. The van der Waals surface area contributed by atoms with Crippen molar-refractivity contribution in [2.75, 3.05) is 37.0 Å². The van der Waals surface area contributed by atoms with Crippen LogP contribution in [0.1, 0.15) is 18.4 Å². The molecule has 2 aliphatic rings. The van der Waals surface area contributed by atoms with Gasteiger partial charge in [-0.1, -0.05) is 35.9 Å². The van der Waals surface area contributed by atoms with Crippen molar-refractivity contribution >= 4 is 40.4 Å². The van der Waals surface area contributed by atoms with Crippen LogP contribution in [0, 0.1) is 0 Å². The zero-order valence-electron chi connectivity index (χ0n) is 21.4. The molecule has 1 saturated heterocycles. The molecule has 212 valence electrons. The first-order valence-corrected chi connectivity index (χ1v) is 12.8. The molecule has 0 bridgehead atoms. The topological polar surface area (TPSA) is 183 Å². The second-order valence-electron chi connectivity index (χ2n) is 9.28. The van der Waals surface area contributed by atoms with Gasteiger partial charge in [0, 0.05) is 47.0 Å². The average molecular weight is 564 g/mol. The minimum absolute atomic E-state index is 0.0573. The standard InChI is InChI=1S/C20H17ClN2O3.C7H17NO5/c21-12-6-7-14-16(11-18(20(25)26)22-17(14)10-12)15-8-9-23(19(15)24)13-4-2-1-3-5-13;1-8-2-4(10)6(12)7(13)5(11)3-9/h1-7,10,18,22H,8-9,11H2,(H,25,26);4-13H,2-3H2,1H3/b16-15+;/t18-;4-,5+,6+,7+/m10/s1. The summed E-state index contributed by atoms with van der Waals surface area (Å²) in [4.78, 5) is 26.3. The Labute approximate surface area is 231 Å². The van der Waals surface area contributed by atoms with Crippen molar-refractivity contribution in [3.8, 4) is 0 Å². The summed E-state index contributed by atoms with van der Waals surface area (Å²) in [6.45, 7) is 0.0244. The molecule has 0 radical (unpaired) electrons. The fourth-order valence-electron chi connectivity index (χ4n) is 4.51. The number of carbonyl (C=O) groups excluding carboxylic acids is 1. The predicted octanol–water partition coefficient (Wildman–Crippen LogP) is 0.441. The van der Waals surface area contributed by atoms with Crippen LogP contribution in [0.25, 0.3) is 5.57 Å². The number of para-hydroxylation sites is 1. The Kier molecular flexibility index (Phi) is 10.8. The molecule has 4 rings (SSSR count). The van der Waals surface area contributed by atoms with Crippen LogP contribution in [0.15, 0.2) is 54.1 Å². The van der Waals surface area contributed by atoms with E-state index in [-0.39, 0.29) is 18.9 Å². The lowest BCUT2D eigenvalue weighted by Crippen LogP contribution is -2.48. The number of carbonyl (C=O) groups is 2. The van der Waals surface area contributed by atoms with Gasteiger partial charge in [-0.25, -0.2) is 4.79 Å². The first-order chi connectivity index (χ1) is 18.6. The molecular formula is C27H34ClN3O8. The lowest BCUT2D eigenvalue weighted by atomic mass is 9.88. The van der Waals surface area contributed by atoms with E-state index in [4.69, 9.17) is 32.0 Å². The van der Waals surface area contributed by atoms with E-state index in [9.17, 15) is 19.8 Å². The van der Waals surface area contributed by atoms with E-state index in [2.05, 4.69) is 10.6 Å². The Bertz CT molecular complexity index is 1180. The van der Waals surface area contributed by atoms with Crippen molar-refractivity contribution in [2.24, 2.45) is 0 Å². The third kappa shape index (κ3) is 7.34. The molecule has 0 aromatic heterocycles. The molecule has 1 fully saturated rings. The van der Waals surface area contributed by atoms with Crippen molar-refractivity contribution < 1.29 is 40.2 Å². The summed E-state index contributed by atoms with van der Waals surface area (Å²) in [7, 11) is 1.57. The van der Waals surface area contributed by atoms with Crippen molar-refractivity contribution in [3.63, 3.8) is 0 Å². The molecule has 2 aromatic carbocycles. The normalized spacial score (nSPS) is 21.7. The highest BCUT2D eigenvalue weighted by molar-refractivity contribution is 6.31. The van der Waals surface area contributed by atoms with Gasteiger partial charge in [0.15, 0.2) is 0 Å². The Morgan fingerprint density at radius 3 is 2.36 bits per heavy atom. The van der Waals surface area contributed by atoms with Crippen LogP contribution in [0.2, 0.25) is 5.02 Å². The number of fused-ring (bicyclic) bond motifs is 1. The maximum absolute atomic E-state index is 13.0. The molecule has 5 atom stereocenters. The number of carboxylic acids is 1. The van der Waals surface area contributed by atoms with Crippen molar-refractivity contribution in [2.45, 2.75) is 43.3 Å². The molecule has 0 saturated carbocycles. The van der Waals surface area contributed by atoms with Gasteiger partial charge in [0.05, 0.1) is 12.7 Å². The first-order valence-electron chi connectivity index (χ1n) is 12.4. The Morgan fingerprint density at radius 2 is 1.74 bits per heavy atom. The summed E-state index contributed by atoms with van der Waals surface area (Å²) in [6, 6.07) is 14.1. The number of aliphatic hydroxyl groups is 5. The summed E-state index contributed by atoms with van der Waals surface area (Å²) in [5.41, 5.74) is 3.85. The smallest absolute Gasteiger partial charge is 0.326 e. The third-order valence-electron chi connectivity index (χ3n) is 6.60. The number of nitrogens with zero attached hydrogens (tertiary/aromatic N) is 1. The van der Waals surface area contributed by atoms with Crippen LogP contribution in [0.3, 0.4) is 0 Å². The maximum atomic E-state index is 13.0. The molecule has 0 aliphatic carbocycles. The van der Waals surface area contributed by atoms with Crippen molar-refractivity contribution in [3.05, 3.63) is 64.7 Å². The zero-order valence-corrected chi connectivity index (χ0v) is 22.1. The molecular weight excluding hydrogens is 530 g/mol. The fraction of sp³-hybridized carbons (Fsp3) is 0.407. The van der Waals surface area contributed by atoms with Gasteiger partial charge in [-0.3, -0.25) is 4.79 Å². The number of likely N-dealkylation sites (N-methyl/N-ethyl adjacent to an activating group) is 1. The number of halogens is 1. The van der Waals surface area contributed by atoms with Crippen LogP contribution in [0.5, 0.6) is 0 Å². The fourth-order valence-corrected chi connectivity index (χ4v) is 4.68. The highest BCUT2D eigenvalue weighted by atomic mass is 35.5. The van der Waals surface area contributed by atoms with Gasteiger partial charge < -0.3 is 46.2 Å². The summed E-state index contributed by atoms with van der Waals surface area (Å²) >= 11 is 6.06. The number of benzene rings is 2. The van der Waals surface area contributed by atoms with E-state index in [1.165, 1.54) is 0 Å². The second-order valence-corrected chi connectivity index (χ2v) is 9.72. The van der Waals surface area contributed by atoms with E-state index in [0.717, 1.165) is 16.8 Å². The number of anilines is 2. The molecule has 2 aliphatic heterocycles. The highest BCUT2D eigenvalue weighted by Gasteiger charge is 2.35. The van der Waals surface area contributed by atoms with Crippen molar-refractivity contribution in [1.82, 2.24) is 5.32 Å². The molecule has 0 unspecified atom stereocenters. The average Bonchev–Trinajstić information content (AvgIpc) is 3.32. The lowest BCUT2D eigenvalue weighted by Gasteiger charge is -2.28. The summed E-state index contributed by atoms with van der Waals surface area (Å²) in [5, 5.41) is 60.5. The number of hydrogen-bond acceptors (Lipinski definition) is 9. The number of hydrogen-bond donors (Lipinski definition) is 8. The summed E-state index contributed by atoms with van der Waals surface area (Å²) in [6.07, 6.45) is -4.78. The Morgan fingerprint density at radius 1 is 1.08 bits per heavy atom. The third-order valence-corrected chi connectivity index (χ3v) is 6.84. The van der Waals surface area contributed by atoms with Crippen LogP contribution < -0.4 is 15.5 Å². The quantitative estimate of drug-likeness (QED) is 0.210. The van der Waals surface area contributed by atoms with E-state index < -0.39 is 43.0 Å². The maximum Gasteiger partial charge on any atom is 0.326 e. The molecule has 11 nitrogen and oxygen atoms in total. The van der Waals surface area contributed by atoms with Crippen LogP contribution in [0.4, 0.5) is 11.4 Å². The van der Waals surface area contributed by atoms with Gasteiger partial charge in [0.2, 0.25) is 0 Å². The lowest BCUT2D eigenvalue weighted by molar-refractivity contribution is -0.137. The number of aliphatic carboxylic acids is 1. The minimum Gasteiger partial charge on any atom is -0.480 e. The largest absolute Gasteiger partial charge is 0.480 e. The number of aliphatic hydroxyl groups excluding tert-OH is 5. The molecule has 39 heavy (non-hydrogen) atoms. The molecule has 1 amide bonds. The molecule has 0 spiro atoms. The van der Waals surface area contributed by atoms with Gasteiger partial charge in [0.1, 0.15) is 24.4 Å². The van der Waals surface area contributed by atoms with Gasteiger partial charge in [-0.05, 0) is 43.3 Å². The number of nitrogens with one attached hydrogen (secondary N) is 2. The first kappa shape index (κ1) is 30.5. The monoisotopic (exact) mass is 563 g/mol. The molecule has 8 N–H and O–H groups in total. The molecule has 12 heteroatoms. The van der Waals surface area contributed by atoms with Crippen molar-refractivity contribution in [1.29, 1.82) is 0 Å². The molecule has 2 heterocycles. The SMILES string of the molecule is CNC[C@H](O)[C@@H](O)[C@H](O)[C@H](O)CO.O=C(O)[C@H]1C/C(=C2/CCN(c3ccccc3)C2=O)c2ccc(Cl)cc2N1. The van der Waals surface area contributed by atoms with E-state index in [1.807, 2.05) is 36.4 Å². The highest BCUT2D eigenvalue weighted by Crippen LogP contribution is 2.40. The summed E-state index contributed by atoms with van der Waals surface area (Å²) in [5.74, 6) is -1.00. The van der Waals surface area contributed by atoms with Gasteiger partial charge >= 0.3 is 5.97 Å². The minimum atomic E-state index is -1.55. The van der Waals surface area contributed by atoms with Crippen LogP contribution in [-0.2, 0) is 9.59 Å². The number of carboxylic acid groups (broad SMARTS) is 1. The van der Waals surface area contributed by atoms with E-state index in [1.54, 1.807) is 24.1 Å². The molecule has 2 aromatic rings. The van der Waals surface area contributed by atoms with E-state index in [0.29, 0.717) is 29.2 Å². The van der Waals surface area contributed by atoms with Crippen LogP contribution >= 0.6 is 11.6 Å². The Hall–Kier alpha value is -3.03. The number of rotatable bonds is 8. The summed E-state index contributed by atoms with van der Waals surface area (Å²) < 4.78 is 0. The van der Waals surface area contributed by atoms with Crippen LogP contribution in [-0.4, -0.2) is 99.7 Å². The van der Waals surface area contributed by atoms with Gasteiger partial charge in [-0.15, -0.1) is 0 Å². The van der Waals surface area contributed by atoms with Gasteiger partial charge in [0.25, 0.3) is 5.91 Å². The predicted molar refractivity (Wildman–Crippen MR) is 146 cm³/mol. The second kappa shape index (κ2) is 13.9. The Balaban J connectivity index is 0.000000276. The van der Waals surface area contributed by atoms with Gasteiger partial charge in [-0.2, -0.15) is 0 Å². The zero-order chi connectivity index (χ0) is 28.7.